The van der Waals surface area contributed by atoms with Crippen molar-refractivity contribution in [3.8, 4) is 0 Å². The lowest BCUT2D eigenvalue weighted by Gasteiger charge is -2.27. The molecule has 1 saturated heterocycles. The highest BCUT2D eigenvalue weighted by Gasteiger charge is 2.20. The van der Waals surface area contributed by atoms with Crippen molar-refractivity contribution >= 4 is 5.91 Å². The second-order valence-corrected chi connectivity index (χ2v) is 4.05. The molecule has 2 N–H and O–H groups in total. The van der Waals surface area contributed by atoms with Gasteiger partial charge in [-0.3, -0.25) is 4.79 Å². The molecule has 0 aliphatic carbocycles. The van der Waals surface area contributed by atoms with Gasteiger partial charge < -0.3 is 15.2 Å². The molecule has 0 unspecified atom stereocenters. The van der Waals surface area contributed by atoms with Crippen molar-refractivity contribution in [2.24, 2.45) is 0 Å². The van der Waals surface area contributed by atoms with E-state index in [-0.39, 0.29) is 5.91 Å². The van der Waals surface area contributed by atoms with E-state index >= 15 is 0 Å². The standard InChI is InChI=1S/C11H17N3O/c1-8-7-9(2)13-10(8)11(15)14-5-3-12-4-6-14/h7,12-13H,3-6H2,1-2H3. The van der Waals surface area contributed by atoms with Crippen molar-refractivity contribution in [2.45, 2.75) is 13.8 Å². The fourth-order valence-corrected chi connectivity index (χ4v) is 1.98. The first-order chi connectivity index (χ1) is 7.18. The number of carbonyl (C=O) groups excluding carboxylic acids is 1. The summed E-state index contributed by atoms with van der Waals surface area (Å²) in [5.74, 6) is 0.127. The zero-order valence-electron chi connectivity index (χ0n) is 9.26. The van der Waals surface area contributed by atoms with Crippen LogP contribution in [0, 0.1) is 13.8 Å². The predicted molar refractivity (Wildman–Crippen MR) is 59.0 cm³/mol. The molecular formula is C11H17N3O. The predicted octanol–water partition coefficient (Wildman–Crippen LogP) is 0.677. The Morgan fingerprint density at radius 1 is 1.33 bits per heavy atom. The van der Waals surface area contributed by atoms with E-state index in [1.54, 1.807) is 0 Å². The number of piperazine rings is 1. The molecule has 0 spiro atoms. The van der Waals surface area contributed by atoms with E-state index in [9.17, 15) is 4.79 Å². The summed E-state index contributed by atoms with van der Waals surface area (Å²) in [6.07, 6.45) is 0. The van der Waals surface area contributed by atoms with Gasteiger partial charge in [-0.2, -0.15) is 0 Å². The molecule has 82 valence electrons. The summed E-state index contributed by atoms with van der Waals surface area (Å²) in [6, 6.07) is 2.01. The van der Waals surface area contributed by atoms with Crippen LogP contribution in [-0.4, -0.2) is 42.0 Å². The number of hydrogen-bond acceptors (Lipinski definition) is 2. The Kier molecular flexibility index (Phi) is 2.77. The first-order valence-electron chi connectivity index (χ1n) is 5.34. The quantitative estimate of drug-likeness (QED) is 0.711. The molecule has 0 saturated carbocycles. The number of H-pyrrole nitrogens is 1. The fourth-order valence-electron chi connectivity index (χ4n) is 1.98. The van der Waals surface area contributed by atoms with E-state index in [2.05, 4.69) is 10.3 Å². The van der Waals surface area contributed by atoms with E-state index in [1.165, 1.54) is 0 Å². The Morgan fingerprint density at radius 3 is 2.53 bits per heavy atom. The minimum Gasteiger partial charge on any atom is -0.354 e. The van der Waals surface area contributed by atoms with Crippen LogP contribution in [-0.2, 0) is 0 Å². The van der Waals surface area contributed by atoms with Crippen LogP contribution >= 0.6 is 0 Å². The highest BCUT2D eigenvalue weighted by atomic mass is 16.2. The lowest BCUT2D eigenvalue weighted by molar-refractivity contribution is 0.0729. The molecule has 1 aromatic rings. The number of rotatable bonds is 1. The SMILES string of the molecule is Cc1cc(C)c(C(=O)N2CCNCC2)[nH]1. The number of carbonyl (C=O) groups is 1. The summed E-state index contributed by atoms with van der Waals surface area (Å²) in [7, 11) is 0. The van der Waals surface area contributed by atoms with Gasteiger partial charge in [0.05, 0.1) is 0 Å². The van der Waals surface area contributed by atoms with Gasteiger partial charge in [-0.05, 0) is 25.5 Å². The fraction of sp³-hybridized carbons (Fsp3) is 0.545. The maximum Gasteiger partial charge on any atom is 0.270 e. The van der Waals surface area contributed by atoms with Gasteiger partial charge in [0.15, 0.2) is 0 Å². The monoisotopic (exact) mass is 207 g/mol. The molecule has 1 aliphatic rings. The van der Waals surface area contributed by atoms with Gasteiger partial charge in [0.1, 0.15) is 5.69 Å². The van der Waals surface area contributed by atoms with Crippen molar-refractivity contribution in [2.75, 3.05) is 26.2 Å². The lowest BCUT2D eigenvalue weighted by Crippen LogP contribution is -2.46. The summed E-state index contributed by atoms with van der Waals surface area (Å²) < 4.78 is 0. The normalized spacial score (nSPS) is 16.8. The first-order valence-corrected chi connectivity index (χ1v) is 5.34. The Balaban J connectivity index is 2.16. The van der Waals surface area contributed by atoms with Gasteiger partial charge in [-0.25, -0.2) is 0 Å². The maximum absolute atomic E-state index is 12.1. The summed E-state index contributed by atoms with van der Waals surface area (Å²) in [5.41, 5.74) is 2.83. The molecule has 1 fully saturated rings. The zero-order valence-corrected chi connectivity index (χ0v) is 9.26. The van der Waals surface area contributed by atoms with Crippen molar-refractivity contribution in [1.29, 1.82) is 0 Å². The van der Waals surface area contributed by atoms with Crippen LogP contribution in [0.1, 0.15) is 21.7 Å². The number of nitrogens with zero attached hydrogens (tertiary/aromatic N) is 1. The molecule has 2 rings (SSSR count). The Morgan fingerprint density at radius 2 is 2.00 bits per heavy atom. The summed E-state index contributed by atoms with van der Waals surface area (Å²) in [4.78, 5) is 17.1. The number of aryl methyl sites for hydroxylation is 2. The number of amides is 1. The molecule has 1 aromatic heterocycles. The van der Waals surface area contributed by atoms with Gasteiger partial charge in [-0.1, -0.05) is 0 Å². The van der Waals surface area contributed by atoms with Gasteiger partial charge in [0, 0.05) is 31.9 Å². The Hall–Kier alpha value is -1.29. The third-order valence-corrected chi connectivity index (χ3v) is 2.77. The topological polar surface area (TPSA) is 48.1 Å². The molecule has 1 aliphatic heterocycles. The molecule has 15 heavy (non-hydrogen) atoms. The van der Waals surface area contributed by atoms with Gasteiger partial charge in [-0.15, -0.1) is 0 Å². The molecule has 4 nitrogen and oxygen atoms in total. The number of aromatic amines is 1. The number of aromatic nitrogens is 1. The molecule has 0 radical (unpaired) electrons. The highest BCUT2D eigenvalue weighted by molar-refractivity contribution is 5.94. The summed E-state index contributed by atoms with van der Waals surface area (Å²) in [5, 5.41) is 3.24. The van der Waals surface area contributed by atoms with Gasteiger partial charge in [0.25, 0.3) is 5.91 Å². The van der Waals surface area contributed by atoms with Crippen LogP contribution < -0.4 is 5.32 Å². The molecule has 0 aromatic carbocycles. The minimum atomic E-state index is 0.127. The lowest BCUT2D eigenvalue weighted by atomic mass is 10.2. The molecule has 4 heteroatoms. The Bertz CT molecular complexity index is 364. The molecule has 1 amide bonds. The minimum absolute atomic E-state index is 0.127. The smallest absolute Gasteiger partial charge is 0.270 e. The second-order valence-electron chi connectivity index (χ2n) is 4.05. The summed E-state index contributed by atoms with van der Waals surface area (Å²) in [6.45, 7) is 7.34. The van der Waals surface area contributed by atoms with Crippen molar-refractivity contribution < 1.29 is 4.79 Å². The van der Waals surface area contributed by atoms with Crippen LogP contribution in [0.4, 0.5) is 0 Å². The van der Waals surface area contributed by atoms with Crippen LogP contribution in [0.3, 0.4) is 0 Å². The van der Waals surface area contributed by atoms with Crippen molar-refractivity contribution in [3.63, 3.8) is 0 Å². The van der Waals surface area contributed by atoms with Crippen molar-refractivity contribution in [3.05, 3.63) is 23.0 Å². The molecule has 0 bridgehead atoms. The molecule has 0 atom stereocenters. The van der Waals surface area contributed by atoms with E-state index < -0.39 is 0 Å². The maximum atomic E-state index is 12.1. The zero-order chi connectivity index (χ0) is 10.8. The van der Waals surface area contributed by atoms with E-state index in [1.807, 2.05) is 24.8 Å². The second kappa shape index (κ2) is 4.06. The van der Waals surface area contributed by atoms with Crippen LogP contribution in [0.15, 0.2) is 6.07 Å². The van der Waals surface area contributed by atoms with E-state index in [0.29, 0.717) is 0 Å². The first kappa shape index (κ1) is 10.2. The van der Waals surface area contributed by atoms with E-state index in [0.717, 1.165) is 43.1 Å². The average molecular weight is 207 g/mol. The van der Waals surface area contributed by atoms with Gasteiger partial charge in [0.2, 0.25) is 0 Å². The Labute approximate surface area is 89.7 Å². The third-order valence-electron chi connectivity index (χ3n) is 2.77. The summed E-state index contributed by atoms with van der Waals surface area (Å²) >= 11 is 0. The molecular weight excluding hydrogens is 190 g/mol. The average Bonchev–Trinajstić information content (AvgIpc) is 2.58. The van der Waals surface area contributed by atoms with Crippen molar-refractivity contribution in [1.82, 2.24) is 15.2 Å². The number of nitrogens with one attached hydrogen (secondary N) is 2. The van der Waals surface area contributed by atoms with Crippen LogP contribution in [0.5, 0.6) is 0 Å². The van der Waals surface area contributed by atoms with Crippen LogP contribution in [0.25, 0.3) is 0 Å². The number of hydrogen-bond donors (Lipinski definition) is 2. The largest absolute Gasteiger partial charge is 0.354 e. The highest BCUT2D eigenvalue weighted by Crippen LogP contribution is 2.12. The molecule has 2 heterocycles. The third kappa shape index (κ3) is 2.04. The van der Waals surface area contributed by atoms with Crippen LogP contribution in [0.2, 0.25) is 0 Å². The van der Waals surface area contributed by atoms with Gasteiger partial charge >= 0.3 is 0 Å². The van der Waals surface area contributed by atoms with E-state index in [4.69, 9.17) is 0 Å².